The molecule has 2 aromatic carbocycles. The predicted octanol–water partition coefficient (Wildman–Crippen LogP) is 4.73. The zero-order valence-corrected chi connectivity index (χ0v) is 13.3. The smallest absolute Gasteiger partial charge is 0.319 e. The molecule has 0 spiro atoms. The minimum absolute atomic E-state index is 0.252. The number of benzene rings is 2. The summed E-state index contributed by atoms with van der Waals surface area (Å²) in [5.41, 5.74) is 2.60. The first-order valence-electron chi connectivity index (χ1n) is 6.10. The van der Waals surface area contributed by atoms with Crippen LogP contribution in [0.1, 0.15) is 11.1 Å². The summed E-state index contributed by atoms with van der Waals surface area (Å²) < 4.78 is 1.01. The number of hydrogen-bond acceptors (Lipinski definition) is 1. The lowest BCUT2D eigenvalue weighted by Crippen LogP contribution is -2.28. The molecule has 104 valence electrons. The van der Waals surface area contributed by atoms with Crippen LogP contribution in [0.5, 0.6) is 0 Å². The second-order valence-electron chi connectivity index (χ2n) is 4.35. The Balaban J connectivity index is 1.92. The van der Waals surface area contributed by atoms with Crippen LogP contribution in [-0.4, -0.2) is 6.03 Å². The molecule has 20 heavy (non-hydrogen) atoms. The van der Waals surface area contributed by atoms with Crippen LogP contribution in [0.4, 0.5) is 10.5 Å². The molecule has 0 unspecified atom stereocenters. The van der Waals surface area contributed by atoms with Crippen LogP contribution >= 0.6 is 27.5 Å². The molecule has 0 heterocycles. The van der Waals surface area contributed by atoms with Gasteiger partial charge in [0.15, 0.2) is 0 Å². The van der Waals surface area contributed by atoms with Gasteiger partial charge in [0.1, 0.15) is 0 Å². The fourth-order valence-electron chi connectivity index (χ4n) is 1.69. The number of carbonyl (C=O) groups excluding carboxylic acids is 1. The van der Waals surface area contributed by atoms with Gasteiger partial charge in [-0.15, -0.1) is 0 Å². The Hall–Kier alpha value is -1.52. The summed E-state index contributed by atoms with van der Waals surface area (Å²) in [4.78, 5) is 11.8. The average molecular weight is 354 g/mol. The third-order valence-corrected chi connectivity index (χ3v) is 3.82. The van der Waals surface area contributed by atoms with E-state index in [9.17, 15) is 4.79 Å². The van der Waals surface area contributed by atoms with Crippen molar-refractivity contribution in [3.8, 4) is 0 Å². The molecule has 0 radical (unpaired) electrons. The number of carbonyl (C=O) groups is 1. The molecule has 0 atom stereocenters. The van der Waals surface area contributed by atoms with E-state index in [1.807, 2.05) is 37.3 Å². The second-order valence-corrected chi connectivity index (χ2v) is 5.67. The van der Waals surface area contributed by atoms with Gasteiger partial charge in [-0.25, -0.2) is 4.79 Å². The molecule has 3 nitrogen and oxygen atoms in total. The summed E-state index contributed by atoms with van der Waals surface area (Å²) in [6.07, 6.45) is 0. The molecular formula is C15H14BrClN2O. The Morgan fingerprint density at radius 3 is 2.60 bits per heavy atom. The van der Waals surface area contributed by atoms with Crippen LogP contribution < -0.4 is 10.6 Å². The van der Waals surface area contributed by atoms with Crippen molar-refractivity contribution in [3.63, 3.8) is 0 Å². The lowest BCUT2D eigenvalue weighted by molar-refractivity contribution is 0.251. The Morgan fingerprint density at radius 2 is 1.90 bits per heavy atom. The van der Waals surface area contributed by atoms with Crippen molar-refractivity contribution in [1.29, 1.82) is 0 Å². The number of rotatable bonds is 3. The predicted molar refractivity (Wildman–Crippen MR) is 86.2 cm³/mol. The molecule has 0 aliphatic rings. The maximum absolute atomic E-state index is 11.8. The van der Waals surface area contributed by atoms with E-state index >= 15 is 0 Å². The van der Waals surface area contributed by atoms with E-state index in [-0.39, 0.29) is 6.03 Å². The van der Waals surface area contributed by atoms with Crippen molar-refractivity contribution in [2.45, 2.75) is 13.5 Å². The molecule has 0 bridgehead atoms. The minimum atomic E-state index is -0.252. The first kappa shape index (κ1) is 14.9. The van der Waals surface area contributed by atoms with Gasteiger partial charge in [-0.2, -0.15) is 0 Å². The van der Waals surface area contributed by atoms with Crippen molar-refractivity contribution < 1.29 is 4.79 Å². The summed E-state index contributed by atoms with van der Waals surface area (Å²) in [6.45, 7) is 2.34. The van der Waals surface area contributed by atoms with Crippen molar-refractivity contribution >= 4 is 39.2 Å². The molecule has 0 aromatic heterocycles. The SMILES string of the molecule is Cc1c(Cl)cccc1NC(=O)NCc1ccc(Br)cc1. The molecule has 2 aromatic rings. The Bertz CT molecular complexity index is 614. The van der Waals surface area contributed by atoms with Crippen LogP contribution in [0.2, 0.25) is 5.02 Å². The monoisotopic (exact) mass is 352 g/mol. The van der Waals surface area contributed by atoms with E-state index in [4.69, 9.17) is 11.6 Å². The van der Waals surface area contributed by atoms with Gasteiger partial charge in [0.05, 0.1) is 0 Å². The van der Waals surface area contributed by atoms with Crippen LogP contribution in [-0.2, 0) is 6.54 Å². The number of anilines is 1. The lowest BCUT2D eigenvalue weighted by atomic mass is 10.2. The molecule has 2 rings (SSSR count). The van der Waals surface area contributed by atoms with Gasteiger partial charge in [-0.1, -0.05) is 45.7 Å². The number of hydrogen-bond donors (Lipinski definition) is 2. The summed E-state index contributed by atoms with van der Waals surface area (Å²) in [5, 5.41) is 6.23. The highest BCUT2D eigenvalue weighted by atomic mass is 79.9. The summed E-state index contributed by atoms with van der Waals surface area (Å²) in [6, 6.07) is 13.0. The number of amides is 2. The van der Waals surface area contributed by atoms with Crippen molar-refractivity contribution in [1.82, 2.24) is 5.32 Å². The topological polar surface area (TPSA) is 41.1 Å². The molecular weight excluding hydrogens is 340 g/mol. The maximum atomic E-state index is 11.8. The highest BCUT2D eigenvalue weighted by Crippen LogP contribution is 2.22. The van der Waals surface area contributed by atoms with Crippen LogP contribution in [0.15, 0.2) is 46.9 Å². The zero-order valence-electron chi connectivity index (χ0n) is 10.9. The maximum Gasteiger partial charge on any atom is 0.319 e. The first-order valence-corrected chi connectivity index (χ1v) is 7.28. The van der Waals surface area contributed by atoms with Gasteiger partial charge in [-0.3, -0.25) is 0 Å². The number of urea groups is 1. The van der Waals surface area contributed by atoms with E-state index in [1.54, 1.807) is 12.1 Å². The summed E-state index contributed by atoms with van der Waals surface area (Å²) in [5.74, 6) is 0. The molecule has 0 aliphatic heterocycles. The largest absolute Gasteiger partial charge is 0.334 e. The third-order valence-electron chi connectivity index (χ3n) is 2.88. The standard InChI is InChI=1S/C15H14BrClN2O/c1-10-13(17)3-2-4-14(10)19-15(20)18-9-11-5-7-12(16)8-6-11/h2-8H,9H2,1H3,(H2,18,19,20). The normalized spacial score (nSPS) is 10.2. The van der Waals surface area contributed by atoms with Gasteiger partial charge in [-0.05, 0) is 42.3 Å². The highest BCUT2D eigenvalue weighted by molar-refractivity contribution is 9.10. The van der Waals surface area contributed by atoms with E-state index in [1.165, 1.54) is 0 Å². The van der Waals surface area contributed by atoms with Crippen LogP contribution in [0.3, 0.4) is 0 Å². The Kier molecular flexibility index (Phi) is 5.04. The fraction of sp³-hybridized carbons (Fsp3) is 0.133. The van der Waals surface area contributed by atoms with Gasteiger partial charge < -0.3 is 10.6 Å². The van der Waals surface area contributed by atoms with Crippen LogP contribution in [0, 0.1) is 6.92 Å². The Labute approximate surface area is 131 Å². The molecule has 0 saturated heterocycles. The van der Waals surface area contributed by atoms with Crippen molar-refractivity contribution in [2.75, 3.05) is 5.32 Å². The van der Waals surface area contributed by atoms with E-state index in [2.05, 4.69) is 26.6 Å². The summed E-state index contributed by atoms with van der Waals surface area (Å²) >= 11 is 9.38. The fourth-order valence-corrected chi connectivity index (χ4v) is 2.13. The molecule has 5 heteroatoms. The molecule has 0 aliphatic carbocycles. The van der Waals surface area contributed by atoms with Gasteiger partial charge >= 0.3 is 6.03 Å². The highest BCUT2D eigenvalue weighted by Gasteiger charge is 2.06. The second kappa shape index (κ2) is 6.77. The molecule has 0 saturated carbocycles. The lowest BCUT2D eigenvalue weighted by Gasteiger charge is -2.10. The quantitative estimate of drug-likeness (QED) is 0.822. The Morgan fingerprint density at radius 1 is 1.20 bits per heavy atom. The van der Waals surface area contributed by atoms with Gasteiger partial charge in [0, 0.05) is 21.7 Å². The zero-order chi connectivity index (χ0) is 14.5. The van der Waals surface area contributed by atoms with Gasteiger partial charge in [0.2, 0.25) is 0 Å². The minimum Gasteiger partial charge on any atom is -0.334 e. The van der Waals surface area contributed by atoms with Crippen LogP contribution in [0.25, 0.3) is 0 Å². The van der Waals surface area contributed by atoms with E-state index in [0.29, 0.717) is 17.3 Å². The van der Waals surface area contributed by atoms with Crippen molar-refractivity contribution in [3.05, 3.63) is 63.1 Å². The van der Waals surface area contributed by atoms with E-state index < -0.39 is 0 Å². The van der Waals surface area contributed by atoms with Crippen molar-refractivity contribution in [2.24, 2.45) is 0 Å². The summed E-state index contributed by atoms with van der Waals surface area (Å²) in [7, 11) is 0. The number of nitrogens with one attached hydrogen (secondary N) is 2. The molecule has 2 N–H and O–H groups in total. The van der Waals surface area contributed by atoms with Gasteiger partial charge in [0.25, 0.3) is 0 Å². The molecule has 2 amide bonds. The van der Waals surface area contributed by atoms with E-state index in [0.717, 1.165) is 15.6 Å². The first-order chi connectivity index (χ1) is 9.56. The number of halogens is 2. The molecule has 0 fully saturated rings. The average Bonchev–Trinajstić information content (AvgIpc) is 2.43. The third kappa shape index (κ3) is 3.99.